The molecule has 0 saturated heterocycles. The maximum atomic E-state index is 14.4. The maximum Gasteiger partial charge on any atom is 0.340 e. The Morgan fingerprint density at radius 3 is 1.98 bits per heavy atom. The average Bonchev–Trinajstić information content (AvgIpc) is 3.29. The highest BCUT2D eigenvalue weighted by molar-refractivity contribution is 5.93. The minimum Gasteiger partial charge on any atom is -0.458 e. The van der Waals surface area contributed by atoms with E-state index in [1.807, 2.05) is 0 Å². The number of aliphatic hydroxyl groups excluding tert-OH is 1. The molecule has 14 heteroatoms. The fourth-order valence-electron chi connectivity index (χ4n) is 7.07. The number of pyridine rings is 1. The minimum absolute atomic E-state index is 0.0453. The Kier molecular flexibility index (Phi) is 12.1. The number of fused-ring (bicyclic) bond motifs is 1. The monoisotopic (exact) mass is 735 g/mol. The standard InChI is InChI=1S/C39H45NO13/c1-21-16-17-37(6,7)34(50-24(4)42)31(49-23(3)41)30(52-35(46)26-13-10-9-11-14-26)22(2)29(51-36(47)27-15-12-18-40-19-27)28-33(45)38(8,53-25(5)43)20-39(28,48)32(21)44/h9-19,21,28-31,33-34,45,48H,2,20H2,1,3-8H3/t21-,28-,29-,30-,31+,33+,34+,38+,39+/m0/s1. The molecule has 1 saturated carbocycles. The van der Waals surface area contributed by atoms with Gasteiger partial charge in [-0.1, -0.05) is 57.7 Å². The van der Waals surface area contributed by atoms with Gasteiger partial charge in [-0.25, -0.2) is 9.59 Å². The number of rotatable bonds is 7. The lowest BCUT2D eigenvalue weighted by atomic mass is 9.72. The second kappa shape index (κ2) is 15.8. The van der Waals surface area contributed by atoms with Crippen LogP contribution in [0.2, 0.25) is 0 Å². The summed E-state index contributed by atoms with van der Waals surface area (Å²) in [5, 5.41) is 24.6. The molecule has 0 unspecified atom stereocenters. The molecule has 284 valence electrons. The van der Waals surface area contributed by atoms with Crippen molar-refractivity contribution in [1.82, 2.24) is 4.98 Å². The summed E-state index contributed by atoms with van der Waals surface area (Å²) in [5.74, 6) is -8.34. The summed E-state index contributed by atoms with van der Waals surface area (Å²) in [6.45, 7) is 13.4. The third-order valence-electron chi connectivity index (χ3n) is 9.53. The number of carbonyl (C=O) groups excluding carboxylic acids is 6. The second-order valence-electron chi connectivity index (χ2n) is 14.2. The minimum atomic E-state index is -2.58. The van der Waals surface area contributed by atoms with Crippen LogP contribution in [0.25, 0.3) is 0 Å². The third kappa shape index (κ3) is 8.71. The molecule has 14 nitrogen and oxygen atoms in total. The Labute approximate surface area is 307 Å². The highest BCUT2D eigenvalue weighted by atomic mass is 16.6. The van der Waals surface area contributed by atoms with Crippen LogP contribution in [0.5, 0.6) is 0 Å². The van der Waals surface area contributed by atoms with Crippen molar-refractivity contribution in [2.75, 3.05) is 0 Å². The summed E-state index contributed by atoms with van der Waals surface area (Å²) >= 11 is 0. The number of aliphatic hydroxyl groups is 2. The zero-order valence-corrected chi connectivity index (χ0v) is 30.6. The van der Waals surface area contributed by atoms with Gasteiger partial charge in [0.25, 0.3) is 0 Å². The van der Waals surface area contributed by atoms with Gasteiger partial charge in [0.15, 0.2) is 24.1 Å². The number of benzene rings is 1. The number of carbonyl (C=O) groups is 6. The molecule has 0 radical (unpaired) electrons. The fraction of sp³-hybridized carbons (Fsp3) is 0.462. The molecule has 4 rings (SSSR count). The molecule has 0 amide bonds. The SMILES string of the molecule is C=C1[C@H](OC(=O)c2ccccc2)[C@@H](OC(C)=O)[C@@H](OC(C)=O)C(C)(C)C=C[C@H](C)C(=O)[C@@]2(O)C[C@@](C)(OC(C)=O)[C@H](O)[C@@H]2[C@H]1OC(=O)c1cccnc1. The Morgan fingerprint density at radius 1 is 0.830 bits per heavy atom. The molecule has 0 spiro atoms. The van der Waals surface area contributed by atoms with Crippen molar-refractivity contribution in [2.24, 2.45) is 17.3 Å². The smallest absolute Gasteiger partial charge is 0.340 e. The van der Waals surface area contributed by atoms with Gasteiger partial charge in [-0.15, -0.1) is 0 Å². The van der Waals surface area contributed by atoms with E-state index in [0.717, 1.165) is 20.8 Å². The molecular weight excluding hydrogens is 690 g/mol. The highest BCUT2D eigenvalue weighted by Gasteiger charge is 2.68. The van der Waals surface area contributed by atoms with Gasteiger partial charge in [-0.3, -0.25) is 24.2 Å². The van der Waals surface area contributed by atoms with Crippen LogP contribution in [0.3, 0.4) is 0 Å². The predicted octanol–water partition coefficient (Wildman–Crippen LogP) is 3.49. The van der Waals surface area contributed by atoms with E-state index in [9.17, 15) is 39.0 Å². The van der Waals surface area contributed by atoms with Crippen molar-refractivity contribution in [3.8, 4) is 0 Å². The molecule has 2 aliphatic carbocycles. The van der Waals surface area contributed by atoms with E-state index in [1.165, 1.54) is 62.7 Å². The normalized spacial score (nSPS) is 31.2. The van der Waals surface area contributed by atoms with Gasteiger partial charge in [-0.05, 0) is 31.2 Å². The van der Waals surface area contributed by atoms with Crippen molar-refractivity contribution >= 4 is 35.6 Å². The quantitative estimate of drug-likeness (QED) is 0.238. The van der Waals surface area contributed by atoms with Crippen molar-refractivity contribution in [3.63, 3.8) is 0 Å². The number of hydrogen-bond donors (Lipinski definition) is 2. The van der Waals surface area contributed by atoms with E-state index >= 15 is 0 Å². The van der Waals surface area contributed by atoms with Crippen LogP contribution in [-0.2, 0) is 42.9 Å². The Hall–Kier alpha value is -5.21. The lowest BCUT2D eigenvalue weighted by molar-refractivity contribution is -0.183. The molecule has 1 aromatic carbocycles. The maximum absolute atomic E-state index is 14.4. The van der Waals surface area contributed by atoms with E-state index in [0.29, 0.717) is 0 Å². The Bertz CT molecular complexity index is 1770. The Balaban J connectivity index is 2.08. The number of ether oxygens (including phenoxy) is 5. The molecule has 1 fully saturated rings. The number of aromatic nitrogens is 1. The third-order valence-corrected chi connectivity index (χ3v) is 9.53. The zero-order valence-electron chi connectivity index (χ0n) is 30.6. The summed E-state index contributed by atoms with van der Waals surface area (Å²) in [4.78, 5) is 83.9. The second-order valence-corrected chi connectivity index (χ2v) is 14.2. The lowest BCUT2D eigenvalue weighted by Gasteiger charge is -2.43. The predicted molar refractivity (Wildman–Crippen MR) is 186 cm³/mol. The van der Waals surface area contributed by atoms with E-state index in [1.54, 1.807) is 32.0 Å². The van der Waals surface area contributed by atoms with Crippen molar-refractivity contribution in [3.05, 3.63) is 90.3 Å². The van der Waals surface area contributed by atoms with Gasteiger partial charge in [0.05, 0.1) is 17.0 Å². The van der Waals surface area contributed by atoms with Gasteiger partial charge in [0, 0.05) is 56.5 Å². The topological polar surface area (TPSA) is 202 Å². The number of ketones is 1. The largest absolute Gasteiger partial charge is 0.458 e. The lowest BCUT2D eigenvalue weighted by Crippen LogP contribution is -2.58. The Morgan fingerprint density at radius 2 is 1.42 bits per heavy atom. The van der Waals surface area contributed by atoms with Crippen LogP contribution in [0, 0.1) is 17.3 Å². The molecule has 0 bridgehead atoms. The van der Waals surface area contributed by atoms with Gasteiger partial charge in [0.1, 0.15) is 23.4 Å². The van der Waals surface area contributed by atoms with Crippen LogP contribution in [0.1, 0.15) is 75.6 Å². The number of Topliss-reactive ketones (excluding diaryl/α,β-unsaturated/α-hetero) is 1. The first-order valence-corrected chi connectivity index (χ1v) is 17.0. The molecule has 53 heavy (non-hydrogen) atoms. The molecule has 9 atom stereocenters. The first-order valence-electron chi connectivity index (χ1n) is 17.0. The summed E-state index contributed by atoms with van der Waals surface area (Å²) in [6.07, 6.45) is -3.94. The van der Waals surface area contributed by atoms with Crippen LogP contribution in [0.4, 0.5) is 0 Å². The summed E-state index contributed by atoms with van der Waals surface area (Å²) in [7, 11) is 0. The molecular formula is C39H45NO13. The summed E-state index contributed by atoms with van der Waals surface area (Å²) in [6, 6.07) is 10.5. The molecule has 1 heterocycles. The van der Waals surface area contributed by atoms with Crippen molar-refractivity contribution in [1.29, 1.82) is 0 Å². The molecule has 0 aliphatic heterocycles. The number of allylic oxidation sites excluding steroid dienone is 1. The van der Waals surface area contributed by atoms with Crippen LogP contribution >= 0.6 is 0 Å². The number of esters is 5. The first kappa shape index (κ1) is 40.6. The summed E-state index contributed by atoms with van der Waals surface area (Å²) < 4.78 is 29.2. The van der Waals surface area contributed by atoms with E-state index in [-0.39, 0.29) is 16.7 Å². The molecule has 2 aliphatic rings. The van der Waals surface area contributed by atoms with Crippen LogP contribution < -0.4 is 0 Å². The van der Waals surface area contributed by atoms with Crippen LogP contribution in [0.15, 0.2) is 79.2 Å². The molecule has 2 N–H and O–H groups in total. The van der Waals surface area contributed by atoms with Gasteiger partial charge < -0.3 is 33.9 Å². The van der Waals surface area contributed by atoms with Crippen molar-refractivity contribution in [2.45, 2.75) is 96.6 Å². The number of nitrogens with zero attached hydrogens (tertiary/aromatic N) is 1. The molecule has 2 aromatic rings. The van der Waals surface area contributed by atoms with Crippen molar-refractivity contribution < 1.29 is 62.7 Å². The fourth-order valence-corrected chi connectivity index (χ4v) is 7.07. The average molecular weight is 736 g/mol. The number of hydrogen-bond acceptors (Lipinski definition) is 14. The molecule has 1 aromatic heterocycles. The summed E-state index contributed by atoms with van der Waals surface area (Å²) in [5.41, 5.74) is -6.22. The van der Waals surface area contributed by atoms with Gasteiger partial charge >= 0.3 is 29.8 Å². The van der Waals surface area contributed by atoms with E-state index in [2.05, 4.69) is 11.6 Å². The van der Waals surface area contributed by atoms with Gasteiger partial charge in [-0.2, -0.15) is 0 Å². The zero-order chi connectivity index (χ0) is 39.5. The van der Waals surface area contributed by atoms with Crippen LogP contribution in [-0.4, -0.2) is 92.5 Å². The van der Waals surface area contributed by atoms with E-state index < -0.39 is 101 Å². The van der Waals surface area contributed by atoms with E-state index in [4.69, 9.17) is 23.7 Å². The van der Waals surface area contributed by atoms with Gasteiger partial charge in [0.2, 0.25) is 0 Å². The highest BCUT2D eigenvalue weighted by Crippen LogP contribution is 2.51. The first-order chi connectivity index (χ1) is 24.7.